The van der Waals surface area contributed by atoms with Gasteiger partial charge in [0.25, 0.3) is 0 Å². The van der Waals surface area contributed by atoms with Crippen LogP contribution in [0.1, 0.15) is 11.3 Å². The van der Waals surface area contributed by atoms with Crippen LogP contribution in [0, 0.1) is 24.1 Å². The number of fused-ring (bicyclic) bond motifs is 1. The number of aryl methyl sites for hydroxylation is 1. The minimum Gasteiger partial charge on any atom is -0.222 e. The van der Waals surface area contributed by atoms with Gasteiger partial charge < -0.3 is 0 Å². The highest BCUT2D eigenvalue weighted by Gasteiger charge is 2.17. The van der Waals surface area contributed by atoms with E-state index in [0.29, 0.717) is 0 Å². The molecule has 0 aliphatic rings. The predicted octanol–water partition coefficient (Wildman–Crippen LogP) is -1.65. The molecule has 0 amide bonds. The summed E-state index contributed by atoms with van der Waals surface area (Å²) in [5, 5.41) is 0. The van der Waals surface area contributed by atoms with E-state index in [1.54, 1.807) is 0 Å². The van der Waals surface area contributed by atoms with E-state index < -0.39 is 10.2 Å². The summed E-state index contributed by atoms with van der Waals surface area (Å²) < 4.78 is 36.1. The zero-order valence-corrected chi connectivity index (χ0v) is 13.4. The molecule has 3 rings (SSSR count). The first-order valence-electron chi connectivity index (χ1n) is 6.72. The van der Waals surface area contributed by atoms with Crippen molar-refractivity contribution >= 4 is 5.65 Å². The molecule has 0 saturated heterocycles. The van der Waals surface area contributed by atoms with Gasteiger partial charge in [0.15, 0.2) is 5.69 Å². The lowest BCUT2D eigenvalue weighted by molar-refractivity contribution is -2.00. The van der Waals surface area contributed by atoms with Crippen molar-refractivity contribution in [3.05, 3.63) is 66.0 Å². The minimum absolute atomic E-state index is 0.986. The van der Waals surface area contributed by atoms with Crippen LogP contribution in [0.3, 0.4) is 0 Å². The highest BCUT2D eigenvalue weighted by Crippen LogP contribution is 2.21. The second-order valence-corrected chi connectivity index (χ2v) is 5.60. The Morgan fingerprint density at radius 2 is 1.43 bits per heavy atom. The molecule has 2 aromatic heterocycles. The Balaban J connectivity index is 0.000000338. The maximum atomic E-state index is 8.49. The van der Waals surface area contributed by atoms with E-state index in [4.69, 9.17) is 18.6 Å². The van der Waals surface area contributed by atoms with Crippen molar-refractivity contribution in [2.75, 3.05) is 0 Å². The molecule has 6 nitrogen and oxygen atoms in total. The molecule has 0 aliphatic carbocycles. The van der Waals surface area contributed by atoms with Crippen molar-refractivity contribution in [3.8, 4) is 11.3 Å². The maximum absolute atomic E-state index is 8.49. The third-order valence-corrected chi connectivity index (χ3v) is 3.31. The number of halogens is 1. The lowest BCUT2D eigenvalue weighted by Crippen LogP contribution is -2.68. The molecular weight excluding hydrogens is 320 g/mol. The fourth-order valence-electron chi connectivity index (χ4n) is 2.27. The number of rotatable bonds is 1. The standard InChI is InChI=1S/C16H15N2.ClHO4/c1-12-13(2)17-15-10-6-7-11-18(15)16(12)14-8-4-3-5-9-14;2-1(3,4)5/h3-11H,1-2H3;(H,2,3,4,5)/q+1;/p-1. The van der Waals surface area contributed by atoms with Gasteiger partial charge in [-0.3, -0.25) is 0 Å². The molecule has 0 bridgehead atoms. The van der Waals surface area contributed by atoms with Crippen molar-refractivity contribution in [1.82, 2.24) is 4.98 Å². The molecule has 23 heavy (non-hydrogen) atoms. The Kier molecular flexibility index (Phi) is 5.25. The minimum atomic E-state index is -4.94. The van der Waals surface area contributed by atoms with Crippen LogP contribution in [0.5, 0.6) is 0 Å². The average Bonchev–Trinajstić information content (AvgIpc) is 2.48. The number of hydrogen-bond acceptors (Lipinski definition) is 5. The second kappa shape index (κ2) is 6.99. The summed E-state index contributed by atoms with van der Waals surface area (Å²) in [5.74, 6) is 0. The number of hydrogen-bond donors (Lipinski definition) is 0. The lowest BCUT2D eigenvalue weighted by Gasteiger charge is -2.17. The summed E-state index contributed by atoms with van der Waals surface area (Å²) in [6, 6.07) is 16.6. The van der Waals surface area contributed by atoms with Crippen LogP contribution in [0.4, 0.5) is 0 Å². The van der Waals surface area contributed by atoms with Crippen molar-refractivity contribution in [2.24, 2.45) is 0 Å². The maximum Gasteiger partial charge on any atom is 0.328 e. The van der Waals surface area contributed by atoms with Gasteiger partial charge in [-0.05, 0) is 18.0 Å². The predicted molar refractivity (Wildman–Crippen MR) is 72.3 cm³/mol. The molecule has 0 fully saturated rings. The lowest BCUT2D eigenvalue weighted by atomic mass is 10.1. The van der Waals surface area contributed by atoms with Gasteiger partial charge in [-0.25, -0.2) is 18.6 Å². The summed E-state index contributed by atoms with van der Waals surface area (Å²) >= 11 is 0. The number of nitrogens with zero attached hydrogens (tertiary/aromatic N) is 2. The van der Waals surface area contributed by atoms with Crippen molar-refractivity contribution in [2.45, 2.75) is 13.8 Å². The SMILES string of the molecule is Cc1nc2cccc[n+]2c(-c2ccccc2)c1C.[O-][Cl+3]([O-])([O-])[O-]. The van der Waals surface area contributed by atoms with Crippen molar-refractivity contribution in [3.63, 3.8) is 0 Å². The molecule has 7 heteroatoms. The van der Waals surface area contributed by atoms with Crippen molar-refractivity contribution < 1.29 is 33.3 Å². The van der Waals surface area contributed by atoms with Gasteiger partial charge in [-0.15, -0.1) is 10.2 Å². The van der Waals surface area contributed by atoms with Crippen LogP contribution in [0.2, 0.25) is 0 Å². The fraction of sp³-hybridized carbons (Fsp3) is 0.125. The largest absolute Gasteiger partial charge is 0.328 e. The van der Waals surface area contributed by atoms with E-state index in [2.05, 4.69) is 53.7 Å². The third kappa shape index (κ3) is 4.69. The first kappa shape index (κ1) is 17.3. The summed E-state index contributed by atoms with van der Waals surface area (Å²) in [6.07, 6.45) is 2.07. The van der Waals surface area contributed by atoms with Crippen LogP contribution >= 0.6 is 0 Å². The Bertz CT molecular complexity index is 798. The van der Waals surface area contributed by atoms with Gasteiger partial charge in [0, 0.05) is 24.1 Å². The van der Waals surface area contributed by atoms with Gasteiger partial charge >= 0.3 is 5.65 Å². The molecule has 2 heterocycles. The molecule has 0 unspecified atom stereocenters. The zero-order chi connectivity index (χ0) is 17.0. The Hall–Kier alpha value is -2.09. The van der Waals surface area contributed by atoms with E-state index in [9.17, 15) is 0 Å². The highest BCUT2D eigenvalue weighted by molar-refractivity contribution is 5.61. The normalized spacial score (nSPS) is 11.0. The summed E-state index contributed by atoms with van der Waals surface area (Å²) in [6.45, 7) is 4.19. The van der Waals surface area contributed by atoms with Gasteiger partial charge in [0.05, 0.1) is 6.20 Å². The number of benzene rings is 1. The molecule has 0 atom stereocenters. The summed E-state index contributed by atoms with van der Waals surface area (Å²) in [5.41, 5.74) is 5.74. The first-order valence-corrected chi connectivity index (χ1v) is 7.95. The van der Waals surface area contributed by atoms with Crippen LogP contribution in [0.15, 0.2) is 54.7 Å². The van der Waals surface area contributed by atoms with E-state index in [1.165, 1.54) is 16.8 Å². The van der Waals surface area contributed by atoms with Crippen LogP contribution in [0.25, 0.3) is 16.9 Å². The average molecular weight is 335 g/mol. The zero-order valence-electron chi connectivity index (χ0n) is 12.6. The van der Waals surface area contributed by atoms with E-state index >= 15 is 0 Å². The Morgan fingerprint density at radius 3 is 2.04 bits per heavy atom. The Labute approximate surface area is 135 Å². The van der Waals surface area contributed by atoms with Crippen molar-refractivity contribution in [1.29, 1.82) is 0 Å². The topological polar surface area (TPSA) is 109 Å². The molecule has 0 N–H and O–H groups in total. The highest BCUT2D eigenvalue weighted by atomic mass is 35.7. The number of aromatic nitrogens is 2. The van der Waals surface area contributed by atoms with Gasteiger partial charge in [-0.1, -0.05) is 36.4 Å². The molecule has 0 saturated carbocycles. The smallest absolute Gasteiger partial charge is 0.222 e. The summed E-state index contributed by atoms with van der Waals surface area (Å²) in [4.78, 5) is 4.62. The van der Waals surface area contributed by atoms with E-state index in [-0.39, 0.29) is 0 Å². The Morgan fingerprint density at radius 1 is 0.870 bits per heavy atom. The molecule has 3 aromatic rings. The van der Waals surface area contributed by atoms with Gasteiger partial charge in [0.1, 0.15) is 5.69 Å². The number of pyridine rings is 1. The molecule has 1 aromatic carbocycles. The third-order valence-electron chi connectivity index (χ3n) is 3.31. The van der Waals surface area contributed by atoms with Crippen LogP contribution in [-0.2, 0) is 0 Å². The molecule has 0 radical (unpaired) electrons. The second-order valence-electron chi connectivity index (χ2n) is 4.84. The van der Waals surface area contributed by atoms with E-state index in [1.807, 2.05) is 24.3 Å². The molecule has 0 aliphatic heterocycles. The fourth-order valence-corrected chi connectivity index (χ4v) is 2.27. The van der Waals surface area contributed by atoms with Gasteiger partial charge in [0.2, 0.25) is 0 Å². The molecule has 120 valence electrons. The quantitative estimate of drug-likeness (QED) is 0.495. The monoisotopic (exact) mass is 334 g/mol. The van der Waals surface area contributed by atoms with Crippen LogP contribution in [-0.4, -0.2) is 4.98 Å². The molecular formula is C16H15ClN2O4. The van der Waals surface area contributed by atoms with E-state index in [0.717, 1.165) is 11.3 Å². The van der Waals surface area contributed by atoms with Crippen LogP contribution < -0.4 is 23.0 Å². The molecule has 0 spiro atoms. The summed E-state index contributed by atoms with van der Waals surface area (Å²) in [7, 11) is -4.94. The first-order chi connectivity index (χ1) is 10.8. The van der Waals surface area contributed by atoms with Gasteiger partial charge in [-0.2, -0.15) is 4.40 Å².